The lowest BCUT2D eigenvalue weighted by Crippen LogP contribution is -2.51. The molecule has 1 amide bonds. The fourth-order valence-electron chi connectivity index (χ4n) is 2.22. The summed E-state index contributed by atoms with van der Waals surface area (Å²) in [5, 5.41) is 0. The van der Waals surface area contributed by atoms with Crippen molar-refractivity contribution in [2.45, 2.75) is 6.92 Å². The molecule has 4 heteroatoms. The van der Waals surface area contributed by atoms with Crippen LogP contribution in [0.3, 0.4) is 0 Å². The molecule has 0 spiro atoms. The number of anilines is 1. The maximum absolute atomic E-state index is 12.1. The van der Waals surface area contributed by atoms with Gasteiger partial charge in [-0.1, -0.05) is 18.2 Å². The lowest BCUT2D eigenvalue weighted by atomic mass is 10.1. The molecule has 1 aromatic carbocycles. The molecule has 0 bridgehead atoms. The van der Waals surface area contributed by atoms with Crippen LogP contribution < -0.4 is 10.6 Å². The number of aryl methyl sites for hydroxylation is 1. The summed E-state index contributed by atoms with van der Waals surface area (Å²) in [6.07, 6.45) is 0. The lowest BCUT2D eigenvalue weighted by Gasteiger charge is -2.34. The number of hydrogen-bond acceptors (Lipinski definition) is 3. The molecule has 1 aliphatic heterocycles. The molecule has 1 aliphatic rings. The molecule has 0 unspecified atom stereocenters. The number of hydrogen-bond donors (Lipinski definition) is 1. The van der Waals surface area contributed by atoms with Gasteiger partial charge in [-0.25, -0.2) is 0 Å². The van der Waals surface area contributed by atoms with Crippen molar-refractivity contribution in [3.8, 4) is 0 Å². The highest BCUT2D eigenvalue weighted by molar-refractivity contribution is 5.96. The topological polar surface area (TPSA) is 49.6 Å². The van der Waals surface area contributed by atoms with Crippen LogP contribution in [0.4, 0.5) is 5.69 Å². The first kappa shape index (κ1) is 12.1. The number of rotatable bonds is 3. The first-order valence-electron chi connectivity index (χ1n) is 6.01. The van der Waals surface area contributed by atoms with Gasteiger partial charge in [0, 0.05) is 31.9 Å². The lowest BCUT2D eigenvalue weighted by molar-refractivity contribution is -0.121. The monoisotopic (exact) mass is 233 g/mol. The van der Waals surface area contributed by atoms with E-state index in [2.05, 4.69) is 4.90 Å². The van der Waals surface area contributed by atoms with Crippen LogP contribution in [-0.4, -0.2) is 43.5 Å². The van der Waals surface area contributed by atoms with Crippen LogP contribution in [0.2, 0.25) is 0 Å². The Kier molecular flexibility index (Phi) is 3.76. The zero-order chi connectivity index (χ0) is 12.3. The third kappa shape index (κ3) is 2.65. The zero-order valence-corrected chi connectivity index (χ0v) is 10.2. The molecule has 0 atom stereocenters. The van der Waals surface area contributed by atoms with Gasteiger partial charge in [-0.3, -0.25) is 9.69 Å². The summed E-state index contributed by atoms with van der Waals surface area (Å²) in [6, 6.07) is 8.01. The minimum Gasteiger partial charge on any atom is -0.329 e. The van der Waals surface area contributed by atoms with Crippen LogP contribution in [0.5, 0.6) is 0 Å². The van der Waals surface area contributed by atoms with E-state index in [1.54, 1.807) is 0 Å². The van der Waals surface area contributed by atoms with Gasteiger partial charge in [0.15, 0.2) is 0 Å². The van der Waals surface area contributed by atoms with E-state index < -0.39 is 0 Å². The largest absolute Gasteiger partial charge is 0.329 e. The summed E-state index contributed by atoms with van der Waals surface area (Å²) in [6.45, 7) is 5.58. The molecule has 4 nitrogen and oxygen atoms in total. The van der Waals surface area contributed by atoms with Gasteiger partial charge in [0.1, 0.15) is 0 Å². The van der Waals surface area contributed by atoms with Crippen LogP contribution in [0, 0.1) is 6.92 Å². The number of benzene rings is 1. The average molecular weight is 233 g/mol. The van der Waals surface area contributed by atoms with Crippen molar-refractivity contribution < 1.29 is 4.79 Å². The van der Waals surface area contributed by atoms with Crippen molar-refractivity contribution in [1.82, 2.24) is 4.90 Å². The summed E-state index contributed by atoms with van der Waals surface area (Å²) in [5.74, 6) is 0.166. The molecule has 1 fully saturated rings. The molecule has 0 saturated carbocycles. The van der Waals surface area contributed by atoms with Gasteiger partial charge in [-0.2, -0.15) is 0 Å². The van der Waals surface area contributed by atoms with E-state index in [1.807, 2.05) is 36.1 Å². The van der Waals surface area contributed by atoms with E-state index in [4.69, 9.17) is 5.73 Å². The molecule has 2 rings (SSSR count). The Morgan fingerprint density at radius 3 is 2.71 bits per heavy atom. The van der Waals surface area contributed by atoms with Crippen LogP contribution >= 0.6 is 0 Å². The Hall–Kier alpha value is -1.39. The van der Waals surface area contributed by atoms with E-state index in [9.17, 15) is 4.79 Å². The Morgan fingerprint density at radius 2 is 2.06 bits per heavy atom. The van der Waals surface area contributed by atoms with Crippen molar-refractivity contribution in [2.24, 2.45) is 5.73 Å². The molecule has 1 heterocycles. The van der Waals surface area contributed by atoms with E-state index in [0.29, 0.717) is 13.1 Å². The second-order valence-corrected chi connectivity index (χ2v) is 4.40. The van der Waals surface area contributed by atoms with Gasteiger partial charge in [0.25, 0.3) is 0 Å². The molecule has 1 aromatic rings. The van der Waals surface area contributed by atoms with Crippen molar-refractivity contribution in [3.63, 3.8) is 0 Å². The number of carbonyl (C=O) groups excluding carboxylic acids is 1. The highest BCUT2D eigenvalue weighted by atomic mass is 16.2. The average Bonchev–Trinajstić information content (AvgIpc) is 2.31. The van der Waals surface area contributed by atoms with E-state index >= 15 is 0 Å². The molecular formula is C13H19N3O. The Bertz CT molecular complexity index is 405. The van der Waals surface area contributed by atoms with Crippen LogP contribution in [-0.2, 0) is 4.79 Å². The SMILES string of the molecule is Cc1ccccc1N1CCN(CCN)CC1=O. The second-order valence-electron chi connectivity index (χ2n) is 4.40. The number of carbonyl (C=O) groups is 1. The summed E-state index contributed by atoms with van der Waals surface area (Å²) < 4.78 is 0. The van der Waals surface area contributed by atoms with Gasteiger partial charge in [0.2, 0.25) is 5.91 Å². The van der Waals surface area contributed by atoms with E-state index in [0.717, 1.165) is 30.9 Å². The summed E-state index contributed by atoms with van der Waals surface area (Å²) in [5.41, 5.74) is 7.69. The van der Waals surface area contributed by atoms with Crippen molar-refractivity contribution >= 4 is 11.6 Å². The van der Waals surface area contributed by atoms with Crippen LogP contribution in [0.15, 0.2) is 24.3 Å². The fourth-order valence-corrected chi connectivity index (χ4v) is 2.22. The minimum absolute atomic E-state index is 0.166. The maximum Gasteiger partial charge on any atom is 0.241 e. The predicted octanol–water partition coefficient (Wildman–Crippen LogP) is 0.602. The van der Waals surface area contributed by atoms with Gasteiger partial charge in [0.05, 0.1) is 6.54 Å². The molecule has 1 saturated heterocycles. The van der Waals surface area contributed by atoms with Crippen LogP contribution in [0.25, 0.3) is 0 Å². The van der Waals surface area contributed by atoms with Crippen molar-refractivity contribution in [1.29, 1.82) is 0 Å². The first-order chi connectivity index (χ1) is 8.22. The first-order valence-corrected chi connectivity index (χ1v) is 6.01. The molecule has 92 valence electrons. The Morgan fingerprint density at radius 1 is 1.29 bits per heavy atom. The number of para-hydroxylation sites is 1. The van der Waals surface area contributed by atoms with Crippen LogP contribution in [0.1, 0.15) is 5.56 Å². The number of nitrogens with zero attached hydrogens (tertiary/aromatic N) is 2. The third-order valence-corrected chi connectivity index (χ3v) is 3.15. The van der Waals surface area contributed by atoms with Crippen molar-refractivity contribution in [2.75, 3.05) is 37.6 Å². The molecular weight excluding hydrogens is 214 g/mol. The normalized spacial score (nSPS) is 17.5. The number of amides is 1. The predicted molar refractivity (Wildman–Crippen MR) is 69.0 cm³/mol. The summed E-state index contributed by atoms with van der Waals surface area (Å²) in [4.78, 5) is 16.1. The molecule has 0 radical (unpaired) electrons. The Labute approximate surface area is 102 Å². The van der Waals surface area contributed by atoms with E-state index in [-0.39, 0.29) is 5.91 Å². The molecule has 17 heavy (non-hydrogen) atoms. The van der Waals surface area contributed by atoms with Gasteiger partial charge in [-0.05, 0) is 18.6 Å². The molecule has 2 N–H and O–H groups in total. The number of piperazine rings is 1. The minimum atomic E-state index is 0.166. The van der Waals surface area contributed by atoms with Crippen molar-refractivity contribution in [3.05, 3.63) is 29.8 Å². The number of nitrogens with two attached hydrogens (primary N) is 1. The Balaban J connectivity index is 2.10. The highest BCUT2D eigenvalue weighted by Crippen LogP contribution is 2.21. The highest BCUT2D eigenvalue weighted by Gasteiger charge is 2.25. The fraction of sp³-hybridized carbons (Fsp3) is 0.462. The standard InChI is InChI=1S/C13H19N3O/c1-11-4-2-3-5-12(11)16-9-8-15(7-6-14)10-13(16)17/h2-5H,6-10,14H2,1H3. The molecule has 0 aromatic heterocycles. The molecule has 0 aliphatic carbocycles. The van der Waals surface area contributed by atoms with Gasteiger partial charge >= 0.3 is 0 Å². The summed E-state index contributed by atoms with van der Waals surface area (Å²) >= 11 is 0. The summed E-state index contributed by atoms with van der Waals surface area (Å²) in [7, 11) is 0. The third-order valence-electron chi connectivity index (χ3n) is 3.15. The second kappa shape index (κ2) is 5.29. The smallest absolute Gasteiger partial charge is 0.241 e. The quantitative estimate of drug-likeness (QED) is 0.832. The maximum atomic E-state index is 12.1. The van der Waals surface area contributed by atoms with Gasteiger partial charge in [-0.15, -0.1) is 0 Å². The zero-order valence-electron chi connectivity index (χ0n) is 10.2. The van der Waals surface area contributed by atoms with E-state index in [1.165, 1.54) is 0 Å². The van der Waals surface area contributed by atoms with Gasteiger partial charge < -0.3 is 10.6 Å².